The number of benzene rings is 1. The zero-order valence-corrected chi connectivity index (χ0v) is 13.8. The van der Waals surface area contributed by atoms with Crippen molar-refractivity contribution in [1.82, 2.24) is 14.5 Å². The van der Waals surface area contributed by atoms with E-state index in [0.717, 1.165) is 5.52 Å². The third-order valence-corrected chi connectivity index (χ3v) is 4.25. The molecule has 0 bridgehead atoms. The smallest absolute Gasteiger partial charge is 0.164 e. The summed E-state index contributed by atoms with van der Waals surface area (Å²) in [6.45, 7) is 1.84. The second-order valence-electron chi connectivity index (χ2n) is 4.49. The molecule has 0 aliphatic rings. The molecule has 0 radical (unpaired) electrons. The molecule has 0 spiro atoms. The zero-order chi connectivity index (χ0) is 15.1. The van der Waals surface area contributed by atoms with Crippen LogP contribution in [0.15, 0.2) is 30.5 Å². The number of pyridine rings is 1. The number of imidazole rings is 1. The third kappa shape index (κ3) is 2.59. The highest BCUT2D eigenvalue weighted by atomic mass is 35.5. The second-order valence-corrected chi connectivity index (χ2v) is 6.36. The Bertz CT molecular complexity index is 826. The van der Waals surface area contributed by atoms with Gasteiger partial charge in [-0.2, -0.15) is 0 Å². The van der Waals surface area contributed by atoms with Gasteiger partial charge in [0.15, 0.2) is 5.65 Å². The first kappa shape index (κ1) is 14.9. The van der Waals surface area contributed by atoms with E-state index in [1.807, 2.05) is 19.1 Å². The summed E-state index contributed by atoms with van der Waals surface area (Å²) in [6.07, 6.45) is 1.69. The Kier molecular flexibility index (Phi) is 4.02. The normalized spacial score (nSPS) is 12.8. The van der Waals surface area contributed by atoms with Crippen LogP contribution in [0.2, 0.25) is 15.1 Å². The van der Waals surface area contributed by atoms with E-state index >= 15 is 0 Å². The number of hydrogen-bond acceptors (Lipinski definition) is 2. The molecule has 1 unspecified atom stereocenters. The molecule has 0 N–H and O–H groups in total. The molecule has 2 heterocycles. The third-order valence-electron chi connectivity index (χ3n) is 3.03. The van der Waals surface area contributed by atoms with Crippen LogP contribution in [-0.4, -0.2) is 14.5 Å². The summed E-state index contributed by atoms with van der Waals surface area (Å²) in [5.74, 6) is 0.644. The van der Waals surface area contributed by atoms with E-state index in [4.69, 9.17) is 46.4 Å². The predicted octanol–water partition coefficient (Wildman–Crippen LogP) is 5.68. The van der Waals surface area contributed by atoms with Crippen molar-refractivity contribution in [2.75, 3.05) is 0 Å². The standard InChI is InChI=1S/C14H9Cl4N3/c1-7(15)13-20-11-3-2-4-19-14(11)21(13)12-6-9(17)8(16)5-10(12)18/h2-7H,1H3. The van der Waals surface area contributed by atoms with Crippen LogP contribution in [0.5, 0.6) is 0 Å². The molecule has 0 saturated heterocycles. The van der Waals surface area contributed by atoms with Crippen LogP contribution in [0, 0.1) is 0 Å². The van der Waals surface area contributed by atoms with Crippen LogP contribution < -0.4 is 0 Å². The highest BCUT2D eigenvalue weighted by Gasteiger charge is 2.19. The lowest BCUT2D eigenvalue weighted by Gasteiger charge is -2.12. The maximum Gasteiger partial charge on any atom is 0.164 e. The van der Waals surface area contributed by atoms with E-state index in [2.05, 4.69) is 9.97 Å². The fourth-order valence-corrected chi connectivity index (χ4v) is 2.89. The Morgan fingerprint density at radius 3 is 2.52 bits per heavy atom. The molecule has 3 aromatic rings. The summed E-state index contributed by atoms with van der Waals surface area (Å²) in [5.41, 5.74) is 2.05. The van der Waals surface area contributed by atoms with Gasteiger partial charge < -0.3 is 0 Å². The maximum atomic E-state index is 6.31. The first-order valence-corrected chi connectivity index (χ1v) is 7.68. The molecule has 21 heavy (non-hydrogen) atoms. The Morgan fingerprint density at radius 1 is 1.10 bits per heavy atom. The molecule has 1 aromatic carbocycles. The van der Waals surface area contributed by atoms with Gasteiger partial charge in [-0.25, -0.2) is 9.97 Å². The molecule has 3 nitrogen and oxygen atoms in total. The van der Waals surface area contributed by atoms with E-state index in [1.54, 1.807) is 22.9 Å². The Labute approximate surface area is 141 Å². The molecule has 0 saturated carbocycles. The van der Waals surface area contributed by atoms with Crippen molar-refractivity contribution >= 4 is 57.6 Å². The lowest BCUT2D eigenvalue weighted by molar-refractivity contribution is 0.877. The number of rotatable bonds is 2. The van der Waals surface area contributed by atoms with Crippen molar-refractivity contribution < 1.29 is 0 Å². The van der Waals surface area contributed by atoms with Crippen molar-refractivity contribution in [2.24, 2.45) is 0 Å². The van der Waals surface area contributed by atoms with Crippen LogP contribution in [0.25, 0.3) is 16.9 Å². The van der Waals surface area contributed by atoms with Crippen molar-refractivity contribution in [3.05, 3.63) is 51.4 Å². The minimum atomic E-state index is -0.315. The van der Waals surface area contributed by atoms with Crippen LogP contribution in [-0.2, 0) is 0 Å². The van der Waals surface area contributed by atoms with Gasteiger partial charge in [-0.15, -0.1) is 11.6 Å². The first-order chi connectivity index (χ1) is 9.99. The Balaban J connectivity index is 2.38. The molecular weight excluding hydrogens is 352 g/mol. The highest BCUT2D eigenvalue weighted by Crippen LogP contribution is 2.35. The Hall–Kier alpha value is -1.000. The number of halogens is 4. The first-order valence-electron chi connectivity index (χ1n) is 6.11. The molecule has 1 atom stereocenters. The molecule has 108 valence electrons. The SMILES string of the molecule is CC(Cl)c1nc2cccnc2n1-c1cc(Cl)c(Cl)cc1Cl. The average Bonchev–Trinajstić information content (AvgIpc) is 2.82. The number of hydrogen-bond donors (Lipinski definition) is 0. The van der Waals surface area contributed by atoms with E-state index in [-0.39, 0.29) is 5.38 Å². The van der Waals surface area contributed by atoms with Gasteiger partial charge in [0, 0.05) is 6.20 Å². The number of alkyl halides is 1. The van der Waals surface area contributed by atoms with Crippen LogP contribution >= 0.6 is 46.4 Å². The topological polar surface area (TPSA) is 30.7 Å². The van der Waals surface area contributed by atoms with Gasteiger partial charge in [0.1, 0.15) is 11.3 Å². The molecule has 3 rings (SSSR count). The number of nitrogens with zero attached hydrogens (tertiary/aromatic N) is 3. The molecule has 0 aliphatic heterocycles. The van der Waals surface area contributed by atoms with Crippen molar-refractivity contribution in [1.29, 1.82) is 0 Å². The van der Waals surface area contributed by atoms with Gasteiger partial charge >= 0.3 is 0 Å². The van der Waals surface area contributed by atoms with Gasteiger partial charge in [-0.1, -0.05) is 34.8 Å². The van der Waals surface area contributed by atoms with Gasteiger partial charge in [0.05, 0.1) is 26.1 Å². The second kappa shape index (κ2) is 5.65. The maximum absolute atomic E-state index is 6.31. The van der Waals surface area contributed by atoms with E-state index in [0.29, 0.717) is 32.2 Å². The van der Waals surface area contributed by atoms with E-state index in [1.165, 1.54) is 0 Å². The summed E-state index contributed by atoms with van der Waals surface area (Å²) in [5, 5.41) is 0.933. The minimum Gasteiger partial charge on any atom is -0.278 e. The van der Waals surface area contributed by atoms with Crippen molar-refractivity contribution in [3.63, 3.8) is 0 Å². The van der Waals surface area contributed by atoms with Crippen molar-refractivity contribution in [3.8, 4) is 5.69 Å². The van der Waals surface area contributed by atoms with Gasteiger partial charge in [0.2, 0.25) is 0 Å². The van der Waals surface area contributed by atoms with Gasteiger partial charge in [0.25, 0.3) is 0 Å². The fourth-order valence-electron chi connectivity index (χ4n) is 2.12. The molecular formula is C14H9Cl4N3. The van der Waals surface area contributed by atoms with Gasteiger partial charge in [-0.3, -0.25) is 4.57 Å². The van der Waals surface area contributed by atoms with Crippen LogP contribution in [0.3, 0.4) is 0 Å². The van der Waals surface area contributed by atoms with E-state index < -0.39 is 0 Å². The van der Waals surface area contributed by atoms with Gasteiger partial charge in [-0.05, 0) is 31.2 Å². The molecule has 0 fully saturated rings. The summed E-state index contributed by atoms with van der Waals surface area (Å²) in [7, 11) is 0. The summed E-state index contributed by atoms with van der Waals surface area (Å²) in [6, 6.07) is 6.97. The van der Waals surface area contributed by atoms with Crippen LogP contribution in [0.1, 0.15) is 18.1 Å². The van der Waals surface area contributed by atoms with Crippen LogP contribution in [0.4, 0.5) is 0 Å². The summed E-state index contributed by atoms with van der Waals surface area (Å²) < 4.78 is 1.80. The quantitative estimate of drug-likeness (QED) is 0.434. The van der Waals surface area contributed by atoms with Crippen molar-refractivity contribution in [2.45, 2.75) is 12.3 Å². The van der Waals surface area contributed by atoms with E-state index in [9.17, 15) is 0 Å². The number of aromatic nitrogens is 3. The number of fused-ring (bicyclic) bond motifs is 1. The lowest BCUT2D eigenvalue weighted by atomic mass is 10.3. The molecule has 2 aromatic heterocycles. The largest absolute Gasteiger partial charge is 0.278 e. The molecule has 0 aliphatic carbocycles. The zero-order valence-electron chi connectivity index (χ0n) is 10.8. The average molecular weight is 361 g/mol. The highest BCUT2D eigenvalue weighted by molar-refractivity contribution is 6.43. The molecule has 7 heteroatoms. The predicted molar refractivity (Wildman–Crippen MR) is 88.2 cm³/mol. The monoisotopic (exact) mass is 359 g/mol. The fraction of sp³-hybridized carbons (Fsp3) is 0.143. The summed E-state index contributed by atoms with van der Waals surface area (Å²) >= 11 is 24.6. The minimum absolute atomic E-state index is 0.315. The summed E-state index contributed by atoms with van der Waals surface area (Å²) in [4.78, 5) is 8.88. The lowest BCUT2D eigenvalue weighted by Crippen LogP contribution is -2.03. The Morgan fingerprint density at radius 2 is 1.81 bits per heavy atom. The molecule has 0 amide bonds.